The van der Waals surface area contributed by atoms with Crippen LogP contribution in [0, 0.1) is 0 Å². The van der Waals surface area contributed by atoms with Crippen molar-refractivity contribution in [2.24, 2.45) is 4.99 Å². The van der Waals surface area contributed by atoms with Crippen molar-refractivity contribution in [3.63, 3.8) is 0 Å². The second kappa shape index (κ2) is 6.42. The molecule has 5 heteroatoms. The highest BCUT2D eigenvalue weighted by Crippen LogP contribution is 2.28. The van der Waals surface area contributed by atoms with Gasteiger partial charge in [0, 0.05) is 23.7 Å². The number of anilines is 1. The molecule has 4 rings (SSSR count). The van der Waals surface area contributed by atoms with Gasteiger partial charge in [-0.1, -0.05) is 30.3 Å². The number of allylic oxidation sites excluding steroid dienone is 1. The van der Waals surface area contributed by atoms with Crippen molar-refractivity contribution in [3.05, 3.63) is 73.5 Å². The molecule has 0 bridgehead atoms. The van der Waals surface area contributed by atoms with E-state index in [1.165, 1.54) is 12.7 Å². The third kappa shape index (κ3) is 2.92. The molecule has 1 aliphatic heterocycles. The van der Waals surface area contributed by atoms with E-state index >= 15 is 0 Å². The van der Waals surface area contributed by atoms with Gasteiger partial charge in [-0.05, 0) is 35.4 Å². The number of nitrogens with zero attached hydrogens (tertiary/aromatic N) is 5. The van der Waals surface area contributed by atoms with E-state index in [4.69, 9.17) is 0 Å². The minimum Gasteiger partial charge on any atom is -0.328 e. The van der Waals surface area contributed by atoms with Crippen LogP contribution in [0.25, 0.3) is 22.5 Å². The SMILES string of the molecule is C1=CN(c2cccc(-c3cccc(-c4ncncn4)c3)c2)CN=C1. The van der Waals surface area contributed by atoms with Gasteiger partial charge in [0.05, 0.1) is 0 Å². The van der Waals surface area contributed by atoms with E-state index in [0.717, 1.165) is 22.4 Å². The Hall–Kier alpha value is -3.34. The summed E-state index contributed by atoms with van der Waals surface area (Å²) in [4.78, 5) is 18.7. The summed E-state index contributed by atoms with van der Waals surface area (Å²) in [7, 11) is 0. The highest BCUT2D eigenvalue weighted by molar-refractivity contribution is 5.76. The van der Waals surface area contributed by atoms with E-state index in [-0.39, 0.29) is 0 Å². The lowest BCUT2D eigenvalue weighted by atomic mass is 10.0. The van der Waals surface area contributed by atoms with E-state index in [0.29, 0.717) is 12.5 Å². The van der Waals surface area contributed by atoms with E-state index in [2.05, 4.69) is 61.2 Å². The van der Waals surface area contributed by atoms with E-state index < -0.39 is 0 Å². The third-order valence-electron chi connectivity index (χ3n) is 3.82. The van der Waals surface area contributed by atoms with Gasteiger partial charge in [0.15, 0.2) is 5.82 Å². The number of hydrogen-bond donors (Lipinski definition) is 0. The van der Waals surface area contributed by atoms with Crippen molar-refractivity contribution in [2.45, 2.75) is 0 Å². The average molecular weight is 313 g/mol. The molecule has 0 unspecified atom stereocenters. The fourth-order valence-electron chi connectivity index (χ4n) is 2.64. The molecule has 0 aliphatic carbocycles. The van der Waals surface area contributed by atoms with Gasteiger partial charge < -0.3 is 4.90 Å². The first kappa shape index (κ1) is 14.3. The Morgan fingerprint density at radius 3 is 2.38 bits per heavy atom. The smallest absolute Gasteiger partial charge is 0.162 e. The first-order chi connectivity index (χ1) is 11.9. The molecule has 2 heterocycles. The van der Waals surface area contributed by atoms with Gasteiger partial charge in [-0.25, -0.2) is 15.0 Å². The predicted molar refractivity (Wildman–Crippen MR) is 95.7 cm³/mol. The summed E-state index contributed by atoms with van der Waals surface area (Å²) >= 11 is 0. The number of rotatable bonds is 3. The molecule has 3 aromatic rings. The summed E-state index contributed by atoms with van der Waals surface area (Å²) in [6, 6.07) is 16.6. The number of hydrogen-bond acceptors (Lipinski definition) is 5. The molecule has 0 spiro atoms. The molecule has 1 aromatic heterocycles. The maximum Gasteiger partial charge on any atom is 0.162 e. The van der Waals surface area contributed by atoms with Crippen LogP contribution in [0.5, 0.6) is 0 Å². The predicted octanol–water partition coefficient (Wildman–Crippen LogP) is 3.57. The van der Waals surface area contributed by atoms with Gasteiger partial charge >= 0.3 is 0 Å². The molecule has 0 N–H and O–H groups in total. The Bertz CT molecular complexity index is 902. The Kier molecular flexibility index (Phi) is 3.81. The molecular formula is C19H15N5. The van der Waals surface area contributed by atoms with E-state index in [1.807, 2.05) is 30.6 Å². The van der Waals surface area contributed by atoms with Crippen LogP contribution in [0.15, 0.2) is 78.5 Å². The van der Waals surface area contributed by atoms with Crippen molar-refractivity contribution >= 4 is 11.9 Å². The molecule has 0 amide bonds. The number of aliphatic imine (C=N–C) groups is 1. The fourth-order valence-corrected chi connectivity index (χ4v) is 2.64. The molecule has 0 atom stereocenters. The van der Waals surface area contributed by atoms with Crippen LogP contribution in [-0.2, 0) is 0 Å². The zero-order valence-corrected chi connectivity index (χ0v) is 12.9. The lowest BCUT2D eigenvalue weighted by Gasteiger charge is -2.20. The summed E-state index contributed by atoms with van der Waals surface area (Å²) in [6.07, 6.45) is 8.82. The van der Waals surface area contributed by atoms with Crippen molar-refractivity contribution in [3.8, 4) is 22.5 Å². The summed E-state index contributed by atoms with van der Waals surface area (Å²) in [6.45, 7) is 0.644. The first-order valence-electron chi connectivity index (χ1n) is 7.66. The second-order valence-corrected chi connectivity index (χ2v) is 5.38. The van der Waals surface area contributed by atoms with Gasteiger partial charge in [-0.3, -0.25) is 4.99 Å². The molecule has 0 radical (unpaired) electrons. The maximum atomic E-state index is 4.28. The van der Waals surface area contributed by atoms with Crippen molar-refractivity contribution in [1.29, 1.82) is 0 Å². The van der Waals surface area contributed by atoms with Crippen LogP contribution in [0.3, 0.4) is 0 Å². The minimum absolute atomic E-state index is 0.644. The zero-order valence-electron chi connectivity index (χ0n) is 12.9. The van der Waals surface area contributed by atoms with Crippen LogP contribution in [0.1, 0.15) is 0 Å². The number of aromatic nitrogens is 3. The Morgan fingerprint density at radius 2 is 1.58 bits per heavy atom. The van der Waals surface area contributed by atoms with Crippen LogP contribution in [0.2, 0.25) is 0 Å². The van der Waals surface area contributed by atoms with Gasteiger partial charge in [-0.15, -0.1) is 0 Å². The second-order valence-electron chi connectivity index (χ2n) is 5.38. The van der Waals surface area contributed by atoms with E-state index in [9.17, 15) is 0 Å². The normalized spacial score (nSPS) is 13.2. The molecule has 0 saturated carbocycles. The molecule has 116 valence electrons. The molecule has 0 saturated heterocycles. The largest absolute Gasteiger partial charge is 0.328 e. The van der Waals surface area contributed by atoms with E-state index in [1.54, 1.807) is 0 Å². The highest BCUT2D eigenvalue weighted by Gasteiger charge is 2.07. The van der Waals surface area contributed by atoms with Crippen molar-refractivity contribution in [2.75, 3.05) is 11.6 Å². The molecular weight excluding hydrogens is 298 g/mol. The summed E-state index contributed by atoms with van der Waals surface area (Å²) < 4.78 is 0. The van der Waals surface area contributed by atoms with Crippen LogP contribution >= 0.6 is 0 Å². The summed E-state index contributed by atoms with van der Waals surface area (Å²) in [5.74, 6) is 0.677. The van der Waals surface area contributed by atoms with Gasteiger partial charge in [0.2, 0.25) is 0 Å². The third-order valence-corrected chi connectivity index (χ3v) is 3.82. The van der Waals surface area contributed by atoms with Crippen LogP contribution in [0.4, 0.5) is 5.69 Å². The van der Waals surface area contributed by atoms with Crippen LogP contribution in [-0.4, -0.2) is 27.8 Å². The molecule has 2 aromatic carbocycles. The summed E-state index contributed by atoms with van der Waals surface area (Å²) in [5.41, 5.74) is 4.36. The maximum absolute atomic E-state index is 4.28. The lowest BCUT2D eigenvalue weighted by Crippen LogP contribution is -2.18. The standard InChI is InChI=1S/C19H15N5/c1-4-15(10-17(6-1)19-22-12-21-13-23-19)16-5-2-7-18(11-16)24-9-3-8-20-14-24/h1-13H,14H2. The Morgan fingerprint density at radius 1 is 0.833 bits per heavy atom. The van der Waals surface area contributed by atoms with Gasteiger partial charge in [0.1, 0.15) is 19.3 Å². The average Bonchev–Trinajstić information content (AvgIpc) is 2.70. The van der Waals surface area contributed by atoms with Crippen LogP contribution < -0.4 is 4.90 Å². The van der Waals surface area contributed by atoms with Crippen molar-refractivity contribution in [1.82, 2.24) is 15.0 Å². The fraction of sp³-hybridized carbons (Fsp3) is 0.0526. The number of benzene rings is 2. The molecule has 1 aliphatic rings. The summed E-state index contributed by atoms with van der Waals surface area (Å²) in [5, 5.41) is 0. The highest BCUT2D eigenvalue weighted by atomic mass is 15.2. The minimum atomic E-state index is 0.644. The Labute approximate surface area is 140 Å². The lowest BCUT2D eigenvalue weighted by molar-refractivity contribution is 0.970. The topological polar surface area (TPSA) is 54.3 Å². The zero-order chi connectivity index (χ0) is 16.2. The quantitative estimate of drug-likeness (QED) is 0.742. The molecule has 0 fully saturated rings. The van der Waals surface area contributed by atoms with Gasteiger partial charge in [-0.2, -0.15) is 0 Å². The van der Waals surface area contributed by atoms with Gasteiger partial charge in [0.25, 0.3) is 0 Å². The monoisotopic (exact) mass is 313 g/mol. The molecule has 5 nitrogen and oxygen atoms in total. The molecule has 24 heavy (non-hydrogen) atoms. The Balaban J connectivity index is 1.69. The first-order valence-corrected chi connectivity index (χ1v) is 7.66. The van der Waals surface area contributed by atoms with Crippen molar-refractivity contribution < 1.29 is 0 Å².